The van der Waals surface area contributed by atoms with Crippen molar-refractivity contribution in [3.05, 3.63) is 35.4 Å². The summed E-state index contributed by atoms with van der Waals surface area (Å²) in [5.41, 5.74) is 8.31. The molecule has 0 saturated carbocycles. The summed E-state index contributed by atoms with van der Waals surface area (Å²) in [6.07, 6.45) is 8.11. The number of aryl methyl sites for hydroxylation is 1. The number of aliphatic hydroxyl groups excluding tert-OH is 1. The maximum atomic E-state index is 10.4. The summed E-state index contributed by atoms with van der Waals surface area (Å²) >= 11 is 0. The number of hydrogen-bond acceptors (Lipinski definition) is 2. The summed E-state index contributed by atoms with van der Waals surface area (Å²) in [5, 5.41) is 10.4. The molecule has 3 N–H and O–H groups in total. The van der Waals surface area contributed by atoms with Gasteiger partial charge in [0.1, 0.15) is 0 Å². The minimum absolute atomic E-state index is 0.0758. The lowest BCUT2D eigenvalue weighted by molar-refractivity contribution is 0.132. The highest BCUT2D eigenvalue weighted by molar-refractivity contribution is 5.30. The summed E-state index contributed by atoms with van der Waals surface area (Å²) < 4.78 is 0. The molecule has 1 rings (SSSR count). The van der Waals surface area contributed by atoms with E-state index in [1.54, 1.807) is 0 Å². The van der Waals surface area contributed by atoms with Crippen molar-refractivity contribution < 1.29 is 5.11 Å². The van der Waals surface area contributed by atoms with Crippen LogP contribution in [0.1, 0.15) is 68.9 Å². The van der Waals surface area contributed by atoms with E-state index in [4.69, 9.17) is 5.73 Å². The standard InChI is InChI=1S/C18H31NO/c1-3-4-5-6-7-8-13-18(20)17(14-19)16-12-10-9-11-15(16)2/h9-12,17-18,20H,3-8,13-14,19H2,1-2H3. The highest BCUT2D eigenvalue weighted by Gasteiger charge is 2.20. The van der Waals surface area contributed by atoms with Crippen molar-refractivity contribution in [1.29, 1.82) is 0 Å². The number of rotatable bonds is 10. The maximum Gasteiger partial charge on any atom is 0.0621 e. The summed E-state index contributed by atoms with van der Waals surface area (Å²) in [7, 11) is 0. The van der Waals surface area contributed by atoms with E-state index in [-0.39, 0.29) is 12.0 Å². The molecule has 114 valence electrons. The second kappa shape index (κ2) is 9.95. The smallest absolute Gasteiger partial charge is 0.0621 e. The van der Waals surface area contributed by atoms with Crippen molar-refractivity contribution in [2.45, 2.75) is 70.8 Å². The van der Waals surface area contributed by atoms with Crippen molar-refractivity contribution in [1.82, 2.24) is 0 Å². The number of hydrogen-bond donors (Lipinski definition) is 2. The lowest BCUT2D eigenvalue weighted by Gasteiger charge is -2.23. The van der Waals surface area contributed by atoms with Crippen LogP contribution in [-0.4, -0.2) is 17.8 Å². The van der Waals surface area contributed by atoms with E-state index in [2.05, 4.69) is 26.0 Å². The molecule has 20 heavy (non-hydrogen) atoms. The Morgan fingerprint density at radius 2 is 1.70 bits per heavy atom. The van der Waals surface area contributed by atoms with Gasteiger partial charge in [-0.1, -0.05) is 69.7 Å². The van der Waals surface area contributed by atoms with E-state index in [0.717, 1.165) is 12.8 Å². The lowest BCUT2D eigenvalue weighted by atomic mass is 9.87. The van der Waals surface area contributed by atoms with Gasteiger partial charge < -0.3 is 10.8 Å². The van der Waals surface area contributed by atoms with E-state index in [1.807, 2.05) is 12.1 Å². The number of unbranched alkanes of at least 4 members (excludes halogenated alkanes) is 5. The molecular formula is C18H31NO. The predicted octanol–water partition coefficient (Wildman–Crippen LogP) is 4.15. The van der Waals surface area contributed by atoms with Crippen LogP contribution in [0.2, 0.25) is 0 Å². The maximum absolute atomic E-state index is 10.4. The van der Waals surface area contributed by atoms with Crippen LogP contribution < -0.4 is 5.73 Å². The van der Waals surface area contributed by atoms with E-state index in [9.17, 15) is 5.11 Å². The van der Waals surface area contributed by atoms with Crippen molar-refractivity contribution in [2.24, 2.45) is 5.73 Å². The van der Waals surface area contributed by atoms with E-state index in [1.165, 1.54) is 43.2 Å². The first-order valence-corrected chi connectivity index (χ1v) is 8.14. The molecule has 0 bridgehead atoms. The summed E-state index contributed by atoms with van der Waals surface area (Å²) in [5.74, 6) is 0.0758. The van der Waals surface area contributed by atoms with Gasteiger partial charge in [-0.2, -0.15) is 0 Å². The molecule has 0 radical (unpaired) electrons. The molecule has 0 spiro atoms. The van der Waals surface area contributed by atoms with Gasteiger partial charge in [-0.05, 0) is 24.5 Å². The number of aliphatic hydroxyl groups is 1. The zero-order valence-electron chi connectivity index (χ0n) is 13.1. The molecule has 0 fully saturated rings. The van der Waals surface area contributed by atoms with Gasteiger partial charge in [0.15, 0.2) is 0 Å². The van der Waals surface area contributed by atoms with Gasteiger partial charge in [-0.15, -0.1) is 0 Å². The normalized spacial score (nSPS) is 14.2. The summed E-state index contributed by atoms with van der Waals surface area (Å²) in [6, 6.07) is 8.25. The quantitative estimate of drug-likeness (QED) is 0.631. The van der Waals surface area contributed by atoms with Crippen LogP contribution in [0.25, 0.3) is 0 Å². The van der Waals surface area contributed by atoms with Crippen LogP contribution in [0.5, 0.6) is 0 Å². The van der Waals surface area contributed by atoms with Crippen LogP contribution in [-0.2, 0) is 0 Å². The molecule has 0 aliphatic heterocycles. The second-order valence-electron chi connectivity index (χ2n) is 5.82. The van der Waals surface area contributed by atoms with Crippen LogP contribution in [0.3, 0.4) is 0 Å². The number of nitrogens with two attached hydrogens (primary N) is 1. The topological polar surface area (TPSA) is 46.2 Å². The zero-order valence-corrected chi connectivity index (χ0v) is 13.1. The largest absolute Gasteiger partial charge is 0.392 e. The third kappa shape index (κ3) is 5.64. The Morgan fingerprint density at radius 3 is 2.35 bits per heavy atom. The minimum atomic E-state index is -0.313. The monoisotopic (exact) mass is 277 g/mol. The summed E-state index contributed by atoms with van der Waals surface area (Å²) in [6.45, 7) is 4.84. The highest BCUT2D eigenvalue weighted by Crippen LogP contribution is 2.25. The fourth-order valence-electron chi connectivity index (χ4n) is 2.83. The van der Waals surface area contributed by atoms with Crippen LogP contribution in [0, 0.1) is 6.92 Å². The van der Waals surface area contributed by atoms with Gasteiger partial charge in [-0.3, -0.25) is 0 Å². The molecule has 2 unspecified atom stereocenters. The molecule has 0 saturated heterocycles. The van der Waals surface area contributed by atoms with Crippen LogP contribution >= 0.6 is 0 Å². The van der Waals surface area contributed by atoms with Crippen molar-refractivity contribution in [3.8, 4) is 0 Å². The third-order valence-electron chi connectivity index (χ3n) is 4.16. The average Bonchev–Trinajstić information content (AvgIpc) is 2.45. The molecule has 0 aromatic heterocycles. The minimum Gasteiger partial charge on any atom is -0.392 e. The van der Waals surface area contributed by atoms with Gasteiger partial charge in [0, 0.05) is 12.5 Å². The molecule has 0 aliphatic carbocycles. The summed E-state index contributed by atoms with van der Waals surface area (Å²) in [4.78, 5) is 0. The molecule has 1 aromatic rings. The molecule has 2 atom stereocenters. The highest BCUT2D eigenvalue weighted by atomic mass is 16.3. The Bertz CT molecular complexity index is 364. The Hall–Kier alpha value is -0.860. The van der Waals surface area contributed by atoms with Crippen molar-refractivity contribution in [3.63, 3.8) is 0 Å². The van der Waals surface area contributed by atoms with Gasteiger partial charge in [0.2, 0.25) is 0 Å². The molecule has 1 aromatic carbocycles. The molecule has 2 heteroatoms. The number of benzene rings is 1. The predicted molar refractivity (Wildman–Crippen MR) is 87.0 cm³/mol. The fraction of sp³-hybridized carbons (Fsp3) is 0.667. The second-order valence-corrected chi connectivity index (χ2v) is 5.82. The van der Waals surface area contributed by atoms with Crippen LogP contribution in [0.4, 0.5) is 0 Å². The van der Waals surface area contributed by atoms with Gasteiger partial charge in [0.05, 0.1) is 6.10 Å². The van der Waals surface area contributed by atoms with Gasteiger partial charge in [-0.25, -0.2) is 0 Å². The van der Waals surface area contributed by atoms with Crippen molar-refractivity contribution in [2.75, 3.05) is 6.54 Å². The van der Waals surface area contributed by atoms with Gasteiger partial charge in [0.25, 0.3) is 0 Å². The Balaban J connectivity index is 2.40. The lowest BCUT2D eigenvalue weighted by Crippen LogP contribution is -2.26. The molecular weight excluding hydrogens is 246 g/mol. The van der Waals surface area contributed by atoms with E-state index < -0.39 is 0 Å². The molecule has 2 nitrogen and oxygen atoms in total. The molecule has 0 heterocycles. The molecule has 0 aliphatic rings. The third-order valence-corrected chi connectivity index (χ3v) is 4.16. The Morgan fingerprint density at radius 1 is 1.05 bits per heavy atom. The SMILES string of the molecule is CCCCCCCCC(O)C(CN)c1ccccc1C. The first-order chi connectivity index (χ1) is 9.70. The van der Waals surface area contributed by atoms with Crippen LogP contribution in [0.15, 0.2) is 24.3 Å². The Kier molecular flexibility index (Phi) is 8.56. The molecule has 0 amide bonds. The average molecular weight is 277 g/mol. The van der Waals surface area contributed by atoms with E-state index >= 15 is 0 Å². The first-order valence-electron chi connectivity index (χ1n) is 8.14. The van der Waals surface area contributed by atoms with Gasteiger partial charge >= 0.3 is 0 Å². The first kappa shape index (κ1) is 17.2. The fourth-order valence-corrected chi connectivity index (χ4v) is 2.83. The zero-order chi connectivity index (χ0) is 14.8. The van der Waals surface area contributed by atoms with E-state index in [0.29, 0.717) is 6.54 Å². The Labute approximate surface area is 124 Å². The van der Waals surface area contributed by atoms with Crippen molar-refractivity contribution >= 4 is 0 Å².